The summed E-state index contributed by atoms with van der Waals surface area (Å²) in [5.41, 5.74) is 0.407. The van der Waals surface area contributed by atoms with Crippen LogP contribution in [0.15, 0.2) is 54.6 Å². The lowest BCUT2D eigenvalue weighted by Crippen LogP contribution is -2.10. The first-order chi connectivity index (χ1) is 10.8. The molecule has 0 aliphatic heterocycles. The van der Waals surface area contributed by atoms with E-state index in [0.717, 1.165) is 0 Å². The Labute approximate surface area is 131 Å². The Kier molecular flexibility index (Phi) is 6.72. The second-order valence-electron chi connectivity index (χ2n) is 4.45. The molecule has 5 N–H and O–H groups in total. The fraction of sp³-hybridized carbons (Fsp3) is 0.125. The molecular formula is C16H16O7. The molecule has 2 aromatic rings. The van der Waals surface area contributed by atoms with Crippen LogP contribution in [0.2, 0.25) is 0 Å². The first kappa shape index (κ1) is 18.1. The zero-order chi connectivity index (χ0) is 17.4. The molecule has 7 nitrogen and oxygen atoms in total. The van der Waals surface area contributed by atoms with Crippen LogP contribution in [-0.2, 0) is 9.59 Å². The molecule has 23 heavy (non-hydrogen) atoms. The molecule has 2 atom stereocenters. The lowest BCUT2D eigenvalue weighted by Gasteiger charge is -2.06. The number of benzene rings is 2. The maximum Gasteiger partial charge on any atom is 0.337 e. The number of aliphatic hydroxyl groups excluding tert-OH is 2. The molecule has 0 aromatic heterocycles. The van der Waals surface area contributed by atoms with Crippen molar-refractivity contribution in [3.8, 4) is 5.75 Å². The molecule has 0 saturated carbocycles. The third-order valence-electron chi connectivity index (χ3n) is 2.81. The van der Waals surface area contributed by atoms with Crippen molar-refractivity contribution >= 4 is 11.9 Å². The summed E-state index contributed by atoms with van der Waals surface area (Å²) in [6.45, 7) is 0. The smallest absolute Gasteiger partial charge is 0.337 e. The number of para-hydroxylation sites is 1. The fourth-order valence-electron chi connectivity index (χ4n) is 1.63. The van der Waals surface area contributed by atoms with Crippen molar-refractivity contribution in [3.63, 3.8) is 0 Å². The van der Waals surface area contributed by atoms with Gasteiger partial charge in [-0.3, -0.25) is 0 Å². The van der Waals surface area contributed by atoms with E-state index in [1.165, 1.54) is 12.1 Å². The SMILES string of the molecule is O=C(O)C(O)c1ccccc1.O=C(O)C(O)c1ccccc1O. The minimum absolute atomic E-state index is 0.00463. The number of hydrogen-bond donors (Lipinski definition) is 5. The number of carboxylic acids is 2. The van der Waals surface area contributed by atoms with Crippen LogP contribution in [0.1, 0.15) is 23.3 Å². The molecule has 0 heterocycles. The summed E-state index contributed by atoms with van der Waals surface area (Å²) in [6, 6.07) is 14.0. The number of aliphatic hydroxyl groups is 2. The molecule has 0 radical (unpaired) electrons. The number of rotatable bonds is 4. The van der Waals surface area contributed by atoms with Crippen molar-refractivity contribution in [3.05, 3.63) is 65.7 Å². The normalized spacial score (nSPS) is 12.4. The Bertz CT molecular complexity index is 654. The Morgan fingerprint density at radius 3 is 1.70 bits per heavy atom. The highest BCUT2D eigenvalue weighted by molar-refractivity contribution is 5.75. The zero-order valence-corrected chi connectivity index (χ0v) is 11.9. The van der Waals surface area contributed by atoms with Gasteiger partial charge >= 0.3 is 11.9 Å². The second kappa shape index (κ2) is 8.52. The average Bonchev–Trinajstić information content (AvgIpc) is 2.55. The molecule has 0 saturated heterocycles. The van der Waals surface area contributed by atoms with Gasteiger partial charge in [-0.15, -0.1) is 0 Å². The molecule has 2 aromatic carbocycles. The first-order valence-electron chi connectivity index (χ1n) is 6.49. The van der Waals surface area contributed by atoms with Gasteiger partial charge in [0.25, 0.3) is 0 Å². The molecule has 7 heteroatoms. The molecule has 0 amide bonds. The number of phenolic OH excluding ortho intramolecular Hbond substituents is 1. The highest BCUT2D eigenvalue weighted by atomic mass is 16.4. The van der Waals surface area contributed by atoms with Crippen molar-refractivity contribution in [2.24, 2.45) is 0 Å². The molecule has 0 spiro atoms. The summed E-state index contributed by atoms with van der Waals surface area (Å²) in [7, 11) is 0. The molecule has 0 bridgehead atoms. The van der Waals surface area contributed by atoms with E-state index in [4.69, 9.17) is 25.5 Å². The van der Waals surface area contributed by atoms with Crippen LogP contribution < -0.4 is 0 Å². The molecule has 2 rings (SSSR count). The quantitative estimate of drug-likeness (QED) is 0.573. The highest BCUT2D eigenvalue weighted by Gasteiger charge is 2.18. The summed E-state index contributed by atoms with van der Waals surface area (Å²) in [6.07, 6.45) is -3.07. The van der Waals surface area contributed by atoms with Crippen LogP contribution in [0.25, 0.3) is 0 Å². The first-order valence-corrected chi connectivity index (χ1v) is 6.49. The van der Waals surface area contributed by atoms with Crippen LogP contribution in [-0.4, -0.2) is 37.5 Å². The maximum atomic E-state index is 10.3. The second-order valence-corrected chi connectivity index (χ2v) is 4.45. The molecule has 0 fully saturated rings. The van der Waals surface area contributed by atoms with Gasteiger partial charge in [0.15, 0.2) is 12.2 Å². The number of aliphatic carboxylic acids is 2. The van der Waals surface area contributed by atoms with Crippen LogP contribution in [0.4, 0.5) is 0 Å². The largest absolute Gasteiger partial charge is 0.508 e. The van der Waals surface area contributed by atoms with Gasteiger partial charge in [0.1, 0.15) is 5.75 Å². The van der Waals surface area contributed by atoms with E-state index in [9.17, 15) is 9.59 Å². The van der Waals surface area contributed by atoms with E-state index in [2.05, 4.69) is 0 Å². The van der Waals surface area contributed by atoms with Gasteiger partial charge in [0.05, 0.1) is 0 Å². The van der Waals surface area contributed by atoms with Crippen LogP contribution in [0.5, 0.6) is 5.75 Å². The number of hydrogen-bond acceptors (Lipinski definition) is 5. The van der Waals surface area contributed by atoms with Crippen LogP contribution >= 0.6 is 0 Å². The summed E-state index contributed by atoms with van der Waals surface area (Å²) < 4.78 is 0. The Hall–Kier alpha value is -2.90. The third-order valence-corrected chi connectivity index (χ3v) is 2.81. The Morgan fingerprint density at radius 2 is 1.22 bits per heavy atom. The number of aromatic hydroxyl groups is 1. The number of carboxylic acid groups (broad SMARTS) is 2. The van der Waals surface area contributed by atoms with E-state index >= 15 is 0 Å². The van der Waals surface area contributed by atoms with Crippen molar-refractivity contribution in [2.75, 3.05) is 0 Å². The van der Waals surface area contributed by atoms with Gasteiger partial charge in [-0.1, -0.05) is 48.5 Å². The molecule has 0 aliphatic carbocycles. The van der Waals surface area contributed by atoms with Gasteiger partial charge in [-0.25, -0.2) is 9.59 Å². The van der Waals surface area contributed by atoms with E-state index in [-0.39, 0.29) is 11.3 Å². The summed E-state index contributed by atoms with van der Waals surface area (Å²) in [5.74, 6) is -2.82. The van der Waals surface area contributed by atoms with Gasteiger partial charge in [0, 0.05) is 5.56 Å². The molecule has 122 valence electrons. The average molecular weight is 320 g/mol. The predicted octanol–water partition coefficient (Wildman–Crippen LogP) is 1.31. The van der Waals surface area contributed by atoms with E-state index in [0.29, 0.717) is 5.56 Å². The monoisotopic (exact) mass is 320 g/mol. The third kappa shape index (κ3) is 5.42. The van der Waals surface area contributed by atoms with E-state index in [1.54, 1.807) is 42.5 Å². The molecular weight excluding hydrogens is 304 g/mol. The zero-order valence-electron chi connectivity index (χ0n) is 11.9. The maximum absolute atomic E-state index is 10.3. The van der Waals surface area contributed by atoms with Gasteiger partial charge in [0.2, 0.25) is 0 Å². The predicted molar refractivity (Wildman–Crippen MR) is 79.7 cm³/mol. The lowest BCUT2D eigenvalue weighted by atomic mass is 10.1. The molecule has 0 aliphatic rings. The summed E-state index contributed by atoms with van der Waals surface area (Å²) >= 11 is 0. The standard InChI is InChI=1S/C8H8O4.C8H8O3/c9-6-4-2-1-3-5(6)7(10)8(11)12;9-7(8(10)11)6-4-2-1-3-5-6/h1-4,7,9-10H,(H,11,12);1-5,7,9H,(H,10,11). The minimum atomic E-state index is -1.66. The Balaban J connectivity index is 0.000000231. The Morgan fingerprint density at radius 1 is 0.739 bits per heavy atom. The summed E-state index contributed by atoms with van der Waals surface area (Å²) in [4.78, 5) is 20.5. The number of carbonyl (C=O) groups is 2. The van der Waals surface area contributed by atoms with E-state index < -0.39 is 24.1 Å². The van der Waals surface area contributed by atoms with E-state index in [1.807, 2.05) is 0 Å². The minimum Gasteiger partial charge on any atom is -0.508 e. The lowest BCUT2D eigenvalue weighted by molar-refractivity contribution is -0.147. The van der Waals surface area contributed by atoms with Gasteiger partial charge in [-0.2, -0.15) is 0 Å². The van der Waals surface area contributed by atoms with Crippen molar-refractivity contribution in [1.29, 1.82) is 0 Å². The van der Waals surface area contributed by atoms with Crippen LogP contribution in [0, 0.1) is 0 Å². The summed E-state index contributed by atoms with van der Waals surface area (Å²) in [5, 5.41) is 43.9. The van der Waals surface area contributed by atoms with Gasteiger partial charge < -0.3 is 25.5 Å². The topological polar surface area (TPSA) is 135 Å². The highest BCUT2D eigenvalue weighted by Crippen LogP contribution is 2.23. The van der Waals surface area contributed by atoms with Crippen molar-refractivity contribution in [1.82, 2.24) is 0 Å². The van der Waals surface area contributed by atoms with Crippen LogP contribution in [0.3, 0.4) is 0 Å². The van der Waals surface area contributed by atoms with Gasteiger partial charge in [-0.05, 0) is 11.6 Å². The number of phenols is 1. The van der Waals surface area contributed by atoms with Crippen molar-refractivity contribution in [2.45, 2.75) is 12.2 Å². The molecule has 2 unspecified atom stereocenters. The fourth-order valence-corrected chi connectivity index (χ4v) is 1.63. The van der Waals surface area contributed by atoms with Crippen molar-refractivity contribution < 1.29 is 35.1 Å².